The maximum Gasteiger partial charge on any atom is 0.416 e. The number of likely N-dealkylation sites (tertiary alicyclic amines) is 1. The first-order chi connectivity index (χ1) is 13.8. The zero-order chi connectivity index (χ0) is 21.0. The Morgan fingerprint density at radius 2 is 2.00 bits per heavy atom. The van der Waals surface area contributed by atoms with Crippen LogP contribution in [-0.2, 0) is 27.1 Å². The average molecular weight is 426 g/mol. The monoisotopic (exact) mass is 426 g/mol. The van der Waals surface area contributed by atoms with E-state index in [-0.39, 0.29) is 24.4 Å². The van der Waals surface area contributed by atoms with Gasteiger partial charge in [-0.25, -0.2) is 4.98 Å². The Kier molecular flexibility index (Phi) is 6.56. The molecule has 1 aromatic heterocycles. The molecule has 0 aliphatic carbocycles. The summed E-state index contributed by atoms with van der Waals surface area (Å²) in [5.41, 5.74) is 0.396. The Hall–Kier alpha value is -2.42. The summed E-state index contributed by atoms with van der Waals surface area (Å²) in [6, 6.07) is 4.78. The quantitative estimate of drug-likeness (QED) is 0.660. The second-order valence-corrected chi connectivity index (χ2v) is 7.72. The summed E-state index contributed by atoms with van der Waals surface area (Å²) >= 11 is 1.27. The molecule has 0 radical (unpaired) electrons. The molecule has 1 fully saturated rings. The lowest BCUT2D eigenvalue weighted by molar-refractivity contribution is -0.153. The molecule has 1 unspecified atom stereocenters. The van der Waals surface area contributed by atoms with Gasteiger partial charge in [-0.15, -0.1) is 11.3 Å². The Morgan fingerprint density at radius 3 is 2.66 bits per heavy atom. The smallest absolute Gasteiger partial charge is 0.416 e. The van der Waals surface area contributed by atoms with Crippen molar-refractivity contribution in [2.45, 2.75) is 39.0 Å². The van der Waals surface area contributed by atoms with Gasteiger partial charge in [-0.2, -0.15) is 13.2 Å². The van der Waals surface area contributed by atoms with Crippen molar-refractivity contribution in [1.82, 2.24) is 9.88 Å². The highest BCUT2D eigenvalue weighted by atomic mass is 32.1. The first-order valence-electron chi connectivity index (χ1n) is 9.34. The van der Waals surface area contributed by atoms with Crippen molar-refractivity contribution in [3.63, 3.8) is 0 Å². The van der Waals surface area contributed by atoms with E-state index in [4.69, 9.17) is 4.74 Å². The topological polar surface area (TPSA) is 59.5 Å². The number of thiazole rings is 1. The van der Waals surface area contributed by atoms with E-state index in [1.54, 1.807) is 17.2 Å². The summed E-state index contributed by atoms with van der Waals surface area (Å²) in [5.74, 6) is -0.668. The van der Waals surface area contributed by atoms with E-state index < -0.39 is 11.7 Å². The van der Waals surface area contributed by atoms with Crippen LogP contribution in [0, 0.1) is 5.92 Å². The van der Waals surface area contributed by atoms with Crippen LogP contribution in [0.15, 0.2) is 29.6 Å². The van der Waals surface area contributed by atoms with Crippen LogP contribution in [0.2, 0.25) is 0 Å². The minimum atomic E-state index is -4.38. The van der Waals surface area contributed by atoms with Gasteiger partial charge in [0.2, 0.25) is 5.91 Å². The number of amides is 1. The largest absolute Gasteiger partial charge is 0.459 e. The van der Waals surface area contributed by atoms with E-state index in [1.165, 1.54) is 23.5 Å². The lowest BCUT2D eigenvalue weighted by atomic mass is 9.98. The zero-order valence-electron chi connectivity index (χ0n) is 15.9. The molecule has 1 aromatic carbocycles. The molecule has 29 heavy (non-hydrogen) atoms. The van der Waals surface area contributed by atoms with E-state index >= 15 is 0 Å². The predicted octanol–water partition coefficient (Wildman–Crippen LogP) is 4.52. The standard InChI is InChI=1S/C20H21F3N2O3S/c1-2-17(26)25-9-3-4-14(10-25)19(27)28-11-16-12-29-18(24-16)13-5-7-15(8-6-13)20(21,22)23/h5-8,12,14H,2-4,9-11H2,1H3. The SMILES string of the molecule is CCC(=O)N1CCCC(C(=O)OCc2csc(-c3ccc(C(F)(F)F)cc3)n2)C1. The van der Waals surface area contributed by atoms with Crippen molar-refractivity contribution in [2.24, 2.45) is 5.92 Å². The highest BCUT2D eigenvalue weighted by Gasteiger charge is 2.30. The number of ether oxygens (including phenoxy) is 1. The third-order valence-electron chi connectivity index (χ3n) is 4.78. The minimum absolute atomic E-state index is 0.00576. The van der Waals surface area contributed by atoms with Gasteiger partial charge in [-0.1, -0.05) is 19.1 Å². The Labute approximate surface area is 170 Å². The second kappa shape index (κ2) is 8.94. The predicted molar refractivity (Wildman–Crippen MR) is 102 cm³/mol. The number of piperidine rings is 1. The molecule has 0 bridgehead atoms. The molecule has 3 rings (SSSR count). The fraction of sp³-hybridized carbons (Fsp3) is 0.450. The molecule has 1 aliphatic heterocycles. The van der Waals surface area contributed by atoms with Gasteiger partial charge in [0.15, 0.2) is 0 Å². The number of halogens is 3. The third-order valence-corrected chi connectivity index (χ3v) is 5.72. The fourth-order valence-electron chi connectivity index (χ4n) is 3.19. The van der Waals surface area contributed by atoms with Crippen LogP contribution in [0.1, 0.15) is 37.4 Å². The number of benzene rings is 1. The summed E-state index contributed by atoms with van der Waals surface area (Å²) in [6.07, 6.45) is -2.52. The first-order valence-corrected chi connectivity index (χ1v) is 10.2. The van der Waals surface area contributed by atoms with Crippen LogP contribution in [0.25, 0.3) is 10.6 Å². The van der Waals surface area contributed by atoms with Crippen LogP contribution in [0.3, 0.4) is 0 Å². The highest BCUT2D eigenvalue weighted by molar-refractivity contribution is 7.13. The van der Waals surface area contributed by atoms with Crippen molar-refractivity contribution < 1.29 is 27.5 Å². The highest BCUT2D eigenvalue weighted by Crippen LogP contribution is 2.32. The van der Waals surface area contributed by atoms with Gasteiger partial charge in [0, 0.05) is 30.5 Å². The summed E-state index contributed by atoms with van der Waals surface area (Å²) < 4.78 is 43.3. The number of aromatic nitrogens is 1. The summed E-state index contributed by atoms with van der Waals surface area (Å²) in [5, 5.41) is 2.27. The number of hydrogen-bond donors (Lipinski definition) is 0. The van der Waals surface area contributed by atoms with Crippen molar-refractivity contribution in [3.05, 3.63) is 40.9 Å². The van der Waals surface area contributed by atoms with Crippen molar-refractivity contribution >= 4 is 23.2 Å². The number of alkyl halides is 3. The van der Waals surface area contributed by atoms with E-state index in [0.29, 0.717) is 42.2 Å². The van der Waals surface area contributed by atoms with E-state index in [0.717, 1.165) is 18.6 Å². The van der Waals surface area contributed by atoms with Crippen LogP contribution in [0.4, 0.5) is 13.2 Å². The molecule has 1 amide bonds. The molecule has 1 aliphatic rings. The number of nitrogens with zero attached hydrogens (tertiary/aromatic N) is 2. The first kappa shape index (κ1) is 21.3. The van der Waals surface area contributed by atoms with Crippen LogP contribution in [-0.4, -0.2) is 34.8 Å². The lowest BCUT2D eigenvalue weighted by Crippen LogP contribution is -2.42. The van der Waals surface area contributed by atoms with E-state index in [2.05, 4.69) is 4.98 Å². The maximum atomic E-state index is 12.7. The summed E-state index contributed by atoms with van der Waals surface area (Å²) in [4.78, 5) is 30.2. The molecular weight excluding hydrogens is 405 g/mol. The molecular formula is C20H21F3N2O3S. The van der Waals surface area contributed by atoms with Gasteiger partial charge < -0.3 is 9.64 Å². The molecule has 0 spiro atoms. The molecule has 5 nitrogen and oxygen atoms in total. The zero-order valence-corrected chi connectivity index (χ0v) is 16.7. The lowest BCUT2D eigenvalue weighted by Gasteiger charge is -2.31. The Morgan fingerprint density at radius 1 is 1.28 bits per heavy atom. The minimum Gasteiger partial charge on any atom is -0.459 e. The molecule has 0 saturated carbocycles. The van der Waals surface area contributed by atoms with E-state index in [9.17, 15) is 22.8 Å². The average Bonchev–Trinajstić information content (AvgIpc) is 3.20. The van der Waals surface area contributed by atoms with Crippen LogP contribution in [0.5, 0.6) is 0 Å². The van der Waals surface area contributed by atoms with Crippen molar-refractivity contribution in [1.29, 1.82) is 0 Å². The molecule has 9 heteroatoms. The second-order valence-electron chi connectivity index (χ2n) is 6.86. The molecule has 156 valence electrons. The molecule has 1 atom stereocenters. The molecule has 1 saturated heterocycles. The molecule has 2 aromatic rings. The number of hydrogen-bond acceptors (Lipinski definition) is 5. The van der Waals surface area contributed by atoms with Gasteiger partial charge >= 0.3 is 12.1 Å². The van der Waals surface area contributed by atoms with Gasteiger partial charge in [0.1, 0.15) is 11.6 Å². The van der Waals surface area contributed by atoms with Crippen LogP contribution >= 0.6 is 11.3 Å². The van der Waals surface area contributed by atoms with Crippen molar-refractivity contribution in [2.75, 3.05) is 13.1 Å². The summed E-state index contributed by atoms with van der Waals surface area (Å²) in [7, 11) is 0. The van der Waals surface area contributed by atoms with Gasteiger partial charge in [-0.3, -0.25) is 9.59 Å². The van der Waals surface area contributed by atoms with Gasteiger partial charge in [0.25, 0.3) is 0 Å². The van der Waals surface area contributed by atoms with Crippen LogP contribution < -0.4 is 0 Å². The Bertz CT molecular complexity index is 865. The van der Waals surface area contributed by atoms with Gasteiger partial charge in [0.05, 0.1) is 17.2 Å². The van der Waals surface area contributed by atoms with Crippen molar-refractivity contribution in [3.8, 4) is 10.6 Å². The summed E-state index contributed by atoms with van der Waals surface area (Å²) in [6.45, 7) is 2.83. The Balaban J connectivity index is 1.56. The third kappa shape index (κ3) is 5.35. The number of carbonyl (C=O) groups excluding carboxylic acids is 2. The number of carbonyl (C=O) groups is 2. The number of esters is 1. The fourth-order valence-corrected chi connectivity index (χ4v) is 4.00. The van der Waals surface area contributed by atoms with E-state index in [1.807, 2.05) is 0 Å². The van der Waals surface area contributed by atoms with Gasteiger partial charge in [-0.05, 0) is 25.0 Å². The number of rotatable bonds is 5. The molecule has 0 N–H and O–H groups in total. The maximum absolute atomic E-state index is 12.7. The molecule has 2 heterocycles. The normalized spacial score (nSPS) is 17.2.